The summed E-state index contributed by atoms with van der Waals surface area (Å²) < 4.78 is 7.59. The molecule has 3 rings (SSSR count). The zero-order chi connectivity index (χ0) is 15.0. The zero-order valence-electron chi connectivity index (χ0n) is 11.5. The Hall–Kier alpha value is -2.96. The predicted octanol–water partition coefficient (Wildman–Crippen LogP) is 0.882. The molecule has 0 fully saturated rings. The molecule has 3 aromatic rings. The van der Waals surface area contributed by atoms with Crippen molar-refractivity contribution in [1.82, 2.24) is 19.2 Å². The van der Waals surface area contributed by atoms with Gasteiger partial charge in [0.15, 0.2) is 11.3 Å². The van der Waals surface area contributed by atoms with E-state index < -0.39 is 5.97 Å². The van der Waals surface area contributed by atoms with E-state index in [-0.39, 0.29) is 11.3 Å². The van der Waals surface area contributed by atoms with Crippen LogP contribution in [0.2, 0.25) is 0 Å². The second kappa shape index (κ2) is 4.86. The highest BCUT2D eigenvalue weighted by Gasteiger charge is 2.12. The zero-order valence-corrected chi connectivity index (χ0v) is 11.5. The number of hydrogen-bond acceptors (Lipinski definition) is 5. The van der Waals surface area contributed by atoms with Crippen LogP contribution < -0.4 is 5.56 Å². The van der Waals surface area contributed by atoms with Gasteiger partial charge in [-0.15, -0.1) is 0 Å². The largest absolute Gasteiger partial charge is 0.464 e. The molecule has 0 spiro atoms. The van der Waals surface area contributed by atoms with Gasteiger partial charge < -0.3 is 9.30 Å². The van der Waals surface area contributed by atoms with Crippen molar-refractivity contribution >= 4 is 11.6 Å². The summed E-state index contributed by atoms with van der Waals surface area (Å²) in [5, 5.41) is 4.06. The minimum absolute atomic E-state index is 0.113. The lowest BCUT2D eigenvalue weighted by atomic mass is 10.2. The minimum atomic E-state index is -0.518. The number of carbonyl (C=O) groups is 1. The van der Waals surface area contributed by atoms with Gasteiger partial charge >= 0.3 is 5.97 Å². The molecule has 0 atom stereocenters. The van der Waals surface area contributed by atoms with E-state index in [4.69, 9.17) is 0 Å². The smallest absolute Gasteiger partial charge is 0.358 e. The summed E-state index contributed by atoms with van der Waals surface area (Å²) in [7, 11) is 2.98. The number of nitrogens with zero attached hydrogens (tertiary/aromatic N) is 4. The van der Waals surface area contributed by atoms with Crippen LogP contribution in [0.25, 0.3) is 16.9 Å². The first-order valence-corrected chi connectivity index (χ1v) is 6.20. The standard InChI is InChI=1S/C14H12N4O3/c1-17-5-3-9(7-13(17)19)10-4-6-18-12(15-10)8-11(16-18)14(20)21-2/h3-8H,1-2H3. The molecule has 3 heterocycles. The van der Waals surface area contributed by atoms with Crippen molar-refractivity contribution in [3.8, 4) is 11.3 Å². The van der Waals surface area contributed by atoms with Crippen LogP contribution in [0.4, 0.5) is 0 Å². The molecule has 0 radical (unpaired) electrons. The molecular formula is C14H12N4O3. The molecule has 0 saturated heterocycles. The van der Waals surface area contributed by atoms with Crippen LogP contribution >= 0.6 is 0 Å². The van der Waals surface area contributed by atoms with Crippen LogP contribution in [0.1, 0.15) is 10.5 Å². The fraction of sp³-hybridized carbons (Fsp3) is 0.143. The average molecular weight is 284 g/mol. The first-order chi connectivity index (χ1) is 10.1. The number of esters is 1. The third-order valence-corrected chi connectivity index (χ3v) is 3.12. The fourth-order valence-corrected chi connectivity index (χ4v) is 1.95. The highest BCUT2D eigenvalue weighted by atomic mass is 16.5. The highest BCUT2D eigenvalue weighted by Crippen LogP contribution is 2.16. The summed E-state index contributed by atoms with van der Waals surface area (Å²) in [5.74, 6) is -0.518. The van der Waals surface area contributed by atoms with Crippen molar-refractivity contribution in [2.75, 3.05) is 7.11 Å². The van der Waals surface area contributed by atoms with Crippen molar-refractivity contribution in [2.45, 2.75) is 0 Å². The molecule has 0 unspecified atom stereocenters. The van der Waals surface area contributed by atoms with E-state index in [1.807, 2.05) is 0 Å². The fourth-order valence-electron chi connectivity index (χ4n) is 1.95. The van der Waals surface area contributed by atoms with E-state index in [0.717, 1.165) is 0 Å². The summed E-state index contributed by atoms with van der Waals surface area (Å²) in [6.07, 6.45) is 3.36. The molecule has 7 nitrogen and oxygen atoms in total. The number of aromatic nitrogens is 4. The van der Waals surface area contributed by atoms with Gasteiger partial charge in [-0.2, -0.15) is 5.10 Å². The SMILES string of the molecule is COC(=O)c1cc2nc(-c3ccn(C)c(=O)c3)ccn2n1. The quantitative estimate of drug-likeness (QED) is 0.653. The van der Waals surface area contributed by atoms with E-state index in [2.05, 4.69) is 14.8 Å². The Morgan fingerprint density at radius 1 is 1.24 bits per heavy atom. The third kappa shape index (κ3) is 2.29. The van der Waals surface area contributed by atoms with Gasteiger partial charge in [-0.1, -0.05) is 0 Å². The first-order valence-electron chi connectivity index (χ1n) is 6.20. The Morgan fingerprint density at radius 2 is 2.05 bits per heavy atom. The number of ether oxygens (including phenoxy) is 1. The maximum absolute atomic E-state index is 11.7. The molecule has 106 valence electrons. The van der Waals surface area contributed by atoms with Gasteiger partial charge in [-0.3, -0.25) is 4.79 Å². The molecule has 0 aliphatic heterocycles. The minimum Gasteiger partial charge on any atom is -0.464 e. The monoisotopic (exact) mass is 284 g/mol. The van der Waals surface area contributed by atoms with Crippen molar-refractivity contribution < 1.29 is 9.53 Å². The topological polar surface area (TPSA) is 78.5 Å². The maximum Gasteiger partial charge on any atom is 0.358 e. The van der Waals surface area contributed by atoms with Crippen molar-refractivity contribution in [2.24, 2.45) is 7.05 Å². The average Bonchev–Trinajstić information content (AvgIpc) is 2.92. The normalized spacial score (nSPS) is 10.8. The molecule has 21 heavy (non-hydrogen) atoms. The van der Waals surface area contributed by atoms with Gasteiger partial charge in [0.25, 0.3) is 5.56 Å². The maximum atomic E-state index is 11.7. The van der Waals surface area contributed by atoms with Crippen LogP contribution in [0, 0.1) is 0 Å². The summed E-state index contributed by atoms with van der Waals surface area (Å²) in [6, 6.07) is 6.58. The van der Waals surface area contributed by atoms with Gasteiger partial charge in [-0.05, 0) is 12.1 Å². The van der Waals surface area contributed by atoms with Crippen molar-refractivity contribution in [1.29, 1.82) is 0 Å². The second-order valence-corrected chi connectivity index (χ2v) is 4.50. The predicted molar refractivity (Wildman–Crippen MR) is 75.0 cm³/mol. The number of fused-ring (bicyclic) bond motifs is 1. The van der Waals surface area contributed by atoms with E-state index in [1.54, 1.807) is 31.6 Å². The molecule has 0 saturated carbocycles. The summed E-state index contributed by atoms with van der Waals surface area (Å²) in [4.78, 5) is 27.5. The van der Waals surface area contributed by atoms with Gasteiger partial charge in [0.1, 0.15) is 0 Å². The number of pyridine rings is 1. The molecule has 3 aromatic heterocycles. The summed E-state index contributed by atoms with van der Waals surface area (Å²) in [5.41, 5.74) is 1.93. The Bertz CT molecular complexity index is 895. The Labute approximate surface area is 119 Å². The van der Waals surface area contributed by atoms with Gasteiger partial charge in [0.05, 0.1) is 12.8 Å². The molecule has 0 N–H and O–H groups in total. The van der Waals surface area contributed by atoms with Gasteiger partial charge in [-0.25, -0.2) is 14.3 Å². The van der Waals surface area contributed by atoms with Crippen molar-refractivity contribution in [3.05, 3.63) is 52.7 Å². The van der Waals surface area contributed by atoms with E-state index in [9.17, 15) is 9.59 Å². The van der Waals surface area contributed by atoms with Crippen LogP contribution in [0.5, 0.6) is 0 Å². The lowest BCUT2D eigenvalue weighted by Crippen LogP contribution is -2.14. The molecule has 0 bridgehead atoms. The van der Waals surface area contributed by atoms with Crippen LogP contribution in [0.15, 0.2) is 41.5 Å². The molecule has 0 aliphatic carbocycles. The van der Waals surface area contributed by atoms with E-state index in [1.165, 1.54) is 28.3 Å². The van der Waals surface area contributed by atoms with Crippen LogP contribution in [0.3, 0.4) is 0 Å². The van der Waals surface area contributed by atoms with Crippen LogP contribution in [-0.4, -0.2) is 32.2 Å². The highest BCUT2D eigenvalue weighted by molar-refractivity contribution is 5.88. The Kier molecular flexibility index (Phi) is 3.02. The molecule has 0 amide bonds. The number of methoxy groups -OCH3 is 1. The number of hydrogen-bond donors (Lipinski definition) is 0. The summed E-state index contributed by atoms with van der Waals surface area (Å²) >= 11 is 0. The lowest BCUT2D eigenvalue weighted by molar-refractivity contribution is 0.0593. The Morgan fingerprint density at radius 3 is 2.76 bits per heavy atom. The Balaban J connectivity index is 2.10. The lowest BCUT2D eigenvalue weighted by Gasteiger charge is -2.02. The van der Waals surface area contributed by atoms with Crippen molar-refractivity contribution in [3.63, 3.8) is 0 Å². The van der Waals surface area contributed by atoms with Crippen LogP contribution in [-0.2, 0) is 11.8 Å². The molecule has 0 aromatic carbocycles. The second-order valence-electron chi connectivity index (χ2n) is 4.50. The van der Waals surface area contributed by atoms with Gasteiger partial charge in [0.2, 0.25) is 0 Å². The summed E-state index contributed by atoms with van der Waals surface area (Å²) in [6.45, 7) is 0. The molecule has 0 aliphatic rings. The number of aryl methyl sites for hydroxylation is 1. The van der Waals surface area contributed by atoms with E-state index >= 15 is 0 Å². The third-order valence-electron chi connectivity index (χ3n) is 3.12. The number of rotatable bonds is 2. The molecule has 7 heteroatoms. The first kappa shape index (κ1) is 13.0. The van der Waals surface area contributed by atoms with Gasteiger partial charge in [0, 0.05) is 37.1 Å². The van der Waals surface area contributed by atoms with E-state index in [0.29, 0.717) is 16.9 Å². The molecular weight excluding hydrogens is 272 g/mol. The number of carbonyl (C=O) groups excluding carboxylic acids is 1.